The number of nitrogens with one attached hydrogen (secondary N) is 1. The summed E-state index contributed by atoms with van der Waals surface area (Å²) in [5.74, 6) is 0.760. The van der Waals surface area contributed by atoms with Crippen molar-refractivity contribution in [1.82, 2.24) is 9.97 Å². The quantitative estimate of drug-likeness (QED) is 0.355. The number of benzene rings is 3. The van der Waals surface area contributed by atoms with Crippen molar-refractivity contribution in [3.05, 3.63) is 90.5 Å². The van der Waals surface area contributed by atoms with Crippen LogP contribution in [-0.2, 0) is 0 Å². The molecule has 0 saturated carbocycles. The van der Waals surface area contributed by atoms with Gasteiger partial charge >= 0.3 is 0 Å². The third-order valence-corrected chi connectivity index (χ3v) is 4.48. The van der Waals surface area contributed by atoms with Gasteiger partial charge in [-0.15, -0.1) is 0 Å². The first-order valence-electron chi connectivity index (χ1n) is 9.39. The Morgan fingerprint density at radius 2 is 1.43 bits per heavy atom. The summed E-state index contributed by atoms with van der Waals surface area (Å²) in [4.78, 5) is 9.19. The largest absolute Gasteiger partial charge is 0.504 e. The fraction of sp³-hybridized carbons (Fsp3) is 0.0417. The van der Waals surface area contributed by atoms with Crippen LogP contribution in [0.2, 0.25) is 0 Å². The van der Waals surface area contributed by atoms with Gasteiger partial charge in [0, 0.05) is 16.7 Å². The highest BCUT2D eigenvalue weighted by atomic mass is 16.5. The topological polar surface area (TPSA) is 79.6 Å². The van der Waals surface area contributed by atoms with Gasteiger partial charge in [-0.25, -0.2) is 15.4 Å². The Morgan fingerprint density at radius 1 is 0.833 bits per heavy atom. The van der Waals surface area contributed by atoms with E-state index in [1.165, 1.54) is 13.3 Å². The monoisotopic (exact) mass is 396 g/mol. The first kappa shape index (κ1) is 19.1. The molecule has 3 aromatic carbocycles. The maximum atomic E-state index is 10.2. The standard InChI is InChI=1S/C24H20N4O2/c1-30-22-14-8-13-19(23(22)29)16-25-28-24-26-20(17-9-4-2-5-10-17)15-21(27-24)18-11-6-3-7-12-18/h2-16,29H,1H3,(H,26,27,28)/b25-16+. The smallest absolute Gasteiger partial charge is 0.244 e. The number of aromatic hydroxyl groups is 1. The van der Waals surface area contributed by atoms with E-state index in [4.69, 9.17) is 4.74 Å². The zero-order valence-electron chi connectivity index (χ0n) is 16.4. The SMILES string of the molecule is COc1cccc(/C=N/Nc2nc(-c3ccccc3)cc(-c3ccccc3)n2)c1O. The van der Waals surface area contributed by atoms with E-state index in [0.29, 0.717) is 17.3 Å². The molecule has 2 N–H and O–H groups in total. The molecule has 0 saturated heterocycles. The highest BCUT2D eigenvalue weighted by Crippen LogP contribution is 2.28. The minimum absolute atomic E-state index is 0.0227. The highest BCUT2D eigenvalue weighted by Gasteiger charge is 2.09. The van der Waals surface area contributed by atoms with Crippen LogP contribution in [0.4, 0.5) is 5.95 Å². The molecule has 1 heterocycles. The summed E-state index contributed by atoms with van der Waals surface area (Å²) in [6.07, 6.45) is 1.50. The second kappa shape index (κ2) is 8.87. The molecule has 0 aliphatic carbocycles. The van der Waals surface area contributed by atoms with Gasteiger partial charge in [-0.05, 0) is 18.2 Å². The van der Waals surface area contributed by atoms with Crippen LogP contribution in [0.15, 0.2) is 90.0 Å². The fourth-order valence-corrected chi connectivity index (χ4v) is 2.98. The molecule has 6 nitrogen and oxygen atoms in total. The molecule has 6 heteroatoms. The molecule has 30 heavy (non-hydrogen) atoms. The van der Waals surface area contributed by atoms with Crippen molar-refractivity contribution in [3.63, 3.8) is 0 Å². The van der Waals surface area contributed by atoms with Gasteiger partial charge in [0.25, 0.3) is 0 Å². The first-order valence-corrected chi connectivity index (χ1v) is 9.39. The van der Waals surface area contributed by atoms with E-state index in [2.05, 4.69) is 20.5 Å². The molecule has 1 aromatic heterocycles. The average molecular weight is 396 g/mol. The number of hydrazone groups is 1. The minimum atomic E-state index is 0.0227. The molecule has 0 radical (unpaired) electrons. The van der Waals surface area contributed by atoms with E-state index < -0.39 is 0 Å². The number of methoxy groups -OCH3 is 1. The highest BCUT2D eigenvalue weighted by molar-refractivity contribution is 5.85. The summed E-state index contributed by atoms with van der Waals surface area (Å²) in [7, 11) is 1.50. The lowest BCUT2D eigenvalue weighted by molar-refractivity contribution is 0.373. The Kier molecular flexibility index (Phi) is 5.66. The lowest BCUT2D eigenvalue weighted by Gasteiger charge is -2.08. The Hall–Kier alpha value is -4.19. The van der Waals surface area contributed by atoms with Crippen molar-refractivity contribution in [2.75, 3.05) is 12.5 Å². The number of anilines is 1. The lowest BCUT2D eigenvalue weighted by atomic mass is 10.1. The van der Waals surface area contributed by atoms with Crippen molar-refractivity contribution in [1.29, 1.82) is 0 Å². The summed E-state index contributed by atoms with van der Waals surface area (Å²) >= 11 is 0. The van der Waals surface area contributed by atoms with Crippen LogP contribution in [0.1, 0.15) is 5.56 Å². The van der Waals surface area contributed by atoms with Crippen LogP contribution in [0, 0.1) is 0 Å². The van der Waals surface area contributed by atoms with Crippen LogP contribution in [0.3, 0.4) is 0 Å². The van der Waals surface area contributed by atoms with Gasteiger partial charge in [0.2, 0.25) is 5.95 Å². The molecule has 148 valence electrons. The van der Waals surface area contributed by atoms with Crippen LogP contribution < -0.4 is 10.2 Å². The van der Waals surface area contributed by atoms with Gasteiger partial charge in [0.05, 0.1) is 24.7 Å². The molecule has 0 aliphatic heterocycles. The zero-order valence-corrected chi connectivity index (χ0v) is 16.4. The molecule has 4 rings (SSSR count). The average Bonchev–Trinajstić information content (AvgIpc) is 2.81. The van der Waals surface area contributed by atoms with Crippen LogP contribution >= 0.6 is 0 Å². The molecular weight excluding hydrogens is 376 g/mol. The number of phenolic OH excluding ortho intramolecular Hbond substituents is 1. The number of phenols is 1. The van der Waals surface area contributed by atoms with Crippen LogP contribution in [-0.4, -0.2) is 28.4 Å². The van der Waals surface area contributed by atoms with Gasteiger partial charge in [-0.2, -0.15) is 5.10 Å². The maximum Gasteiger partial charge on any atom is 0.244 e. The molecule has 0 amide bonds. The van der Waals surface area contributed by atoms with E-state index in [1.54, 1.807) is 18.2 Å². The Balaban J connectivity index is 1.67. The van der Waals surface area contributed by atoms with Crippen molar-refractivity contribution in [2.45, 2.75) is 0 Å². The number of hydrogen-bond donors (Lipinski definition) is 2. The predicted molar refractivity (Wildman–Crippen MR) is 119 cm³/mol. The summed E-state index contributed by atoms with van der Waals surface area (Å²) < 4.78 is 5.12. The minimum Gasteiger partial charge on any atom is -0.504 e. The van der Waals surface area contributed by atoms with Gasteiger partial charge in [-0.3, -0.25) is 0 Å². The van der Waals surface area contributed by atoms with E-state index >= 15 is 0 Å². The second-order valence-corrected chi connectivity index (χ2v) is 6.46. The number of hydrogen-bond acceptors (Lipinski definition) is 6. The Bertz CT molecular complexity index is 1100. The number of para-hydroxylation sites is 1. The summed E-state index contributed by atoms with van der Waals surface area (Å²) in [5, 5.41) is 14.4. The van der Waals surface area contributed by atoms with E-state index in [1.807, 2.05) is 66.7 Å². The molecule has 0 atom stereocenters. The number of aromatic nitrogens is 2. The van der Waals surface area contributed by atoms with Gasteiger partial charge < -0.3 is 9.84 Å². The molecular formula is C24H20N4O2. The van der Waals surface area contributed by atoms with Crippen molar-refractivity contribution in [3.8, 4) is 34.0 Å². The number of nitrogens with zero attached hydrogens (tertiary/aromatic N) is 3. The van der Waals surface area contributed by atoms with Crippen molar-refractivity contribution >= 4 is 12.2 Å². The van der Waals surface area contributed by atoms with E-state index in [0.717, 1.165) is 22.5 Å². The summed E-state index contributed by atoms with van der Waals surface area (Å²) in [6, 6.07) is 26.9. The molecule has 0 spiro atoms. The first-order chi connectivity index (χ1) is 14.7. The fourth-order valence-electron chi connectivity index (χ4n) is 2.98. The van der Waals surface area contributed by atoms with Crippen molar-refractivity contribution < 1.29 is 9.84 Å². The maximum absolute atomic E-state index is 10.2. The van der Waals surface area contributed by atoms with Gasteiger partial charge in [-0.1, -0.05) is 66.7 Å². The molecule has 0 bridgehead atoms. The summed E-state index contributed by atoms with van der Waals surface area (Å²) in [5.41, 5.74) is 6.92. The summed E-state index contributed by atoms with van der Waals surface area (Å²) in [6.45, 7) is 0. The zero-order chi connectivity index (χ0) is 20.8. The van der Waals surface area contributed by atoms with E-state index in [-0.39, 0.29) is 5.75 Å². The number of ether oxygens (including phenoxy) is 1. The Morgan fingerprint density at radius 3 is 2.00 bits per heavy atom. The van der Waals surface area contributed by atoms with E-state index in [9.17, 15) is 5.11 Å². The molecule has 4 aromatic rings. The molecule has 0 fully saturated rings. The van der Waals surface area contributed by atoms with Crippen LogP contribution in [0.5, 0.6) is 11.5 Å². The van der Waals surface area contributed by atoms with Gasteiger partial charge in [0.15, 0.2) is 11.5 Å². The third-order valence-electron chi connectivity index (χ3n) is 4.48. The number of rotatable bonds is 6. The van der Waals surface area contributed by atoms with Gasteiger partial charge in [0.1, 0.15) is 0 Å². The predicted octanol–water partition coefficient (Wildman–Crippen LogP) is 4.97. The molecule has 0 unspecified atom stereocenters. The van der Waals surface area contributed by atoms with Crippen LogP contribution in [0.25, 0.3) is 22.5 Å². The normalized spacial score (nSPS) is 10.8. The second-order valence-electron chi connectivity index (χ2n) is 6.46. The Labute approximate surface area is 174 Å². The third kappa shape index (κ3) is 4.28. The van der Waals surface area contributed by atoms with Crippen molar-refractivity contribution in [2.24, 2.45) is 5.10 Å². The molecule has 0 aliphatic rings. The lowest BCUT2D eigenvalue weighted by Crippen LogP contribution is -2.00.